The molecule has 0 unspecified atom stereocenters. The predicted octanol–water partition coefficient (Wildman–Crippen LogP) is 2.04. The van der Waals surface area contributed by atoms with Gasteiger partial charge < -0.3 is 10.4 Å². The predicted molar refractivity (Wildman–Crippen MR) is 76.5 cm³/mol. The first-order valence-electron chi connectivity index (χ1n) is 6.42. The number of benzene rings is 1. The Labute approximate surface area is 118 Å². The summed E-state index contributed by atoms with van der Waals surface area (Å²) in [5, 5.41) is 13.2. The van der Waals surface area contributed by atoms with Gasteiger partial charge in [-0.2, -0.15) is 0 Å². The molecule has 5 heteroatoms. The molecule has 1 aliphatic rings. The number of rotatable bonds is 4. The van der Waals surface area contributed by atoms with Crippen molar-refractivity contribution in [2.75, 3.05) is 25.0 Å². The Kier molecular flexibility index (Phi) is 4.13. The van der Waals surface area contributed by atoms with E-state index >= 15 is 0 Å². The van der Waals surface area contributed by atoms with Crippen molar-refractivity contribution in [3.63, 3.8) is 0 Å². The lowest BCUT2D eigenvalue weighted by Crippen LogP contribution is -2.62. The van der Waals surface area contributed by atoms with Crippen molar-refractivity contribution in [1.29, 1.82) is 0 Å². The highest BCUT2D eigenvalue weighted by atomic mass is 35.5. The number of amides is 1. The number of anilines is 1. The smallest absolute Gasteiger partial charge is 0.238 e. The number of aliphatic hydroxyl groups is 1. The molecule has 1 fully saturated rings. The number of carbonyl (C=O) groups excluding carboxylic acids is 1. The minimum atomic E-state index is -0.609. The fourth-order valence-corrected chi connectivity index (χ4v) is 2.52. The number of β-amino-alcohol motifs (C(OH)–C–C–N with tert-alkyl or cyclic N) is 1. The molecule has 104 valence electrons. The summed E-state index contributed by atoms with van der Waals surface area (Å²) in [5.74, 6) is -0.107. The number of nitrogens with one attached hydrogen (secondary N) is 1. The van der Waals surface area contributed by atoms with E-state index < -0.39 is 5.60 Å². The van der Waals surface area contributed by atoms with E-state index in [2.05, 4.69) is 5.32 Å². The molecule has 0 bridgehead atoms. The van der Waals surface area contributed by atoms with Crippen LogP contribution in [0.2, 0.25) is 5.02 Å². The van der Waals surface area contributed by atoms with E-state index in [0.717, 1.165) is 12.0 Å². The average molecular weight is 283 g/mol. The molecule has 0 radical (unpaired) electrons. The highest BCUT2D eigenvalue weighted by Crippen LogP contribution is 2.25. The van der Waals surface area contributed by atoms with Gasteiger partial charge >= 0.3 is 0 Å². The number of halogens is 1. The number of carbonyl (C=O) groups is 1. The molecule has 0 aliphatic carbocycles. The summed E-state index contributed by atoms with van der Waals surface area (Å²) in [4.78, 5) is 13.8. The van der Waals surface area contributed by atoms with Crippen molar-refractivity contribution < 1.29 is 9.90 Å². The van der Waals surface area contributed by atoms with Gasteiger partial charge in [-0.3, -0.25) is 9.69 Å². The molecule has 2 N–H and O–H groups in total. The molecule has 1 aliphatic heterocycles. The molecule has 2 rings (SSSR count). The molecular weight excluding hydrogens is 264 g/mol. The van der Waals surface area contributed by atoms with E-state index in [4.69, 9.17) is 11.6 Å². The molecular formula is C14H19ClN2O2. The molecule has 1 aromatic rings. The van der Waals surface area contributed by atoms with Gasteiger partial charge in [-0.1, -0.05) is 24.6 Å². The fourth-order valence-electron chi connectivity index (χ4n) is 2.24. The van der Waals surface area contributed by atoms with E-state index in [1.54, 1.807) is 6.07 Å². The second-order valence-corrected chi connectivity index (χ2v) is 5.66. The molecule has 0 atom stereocenters. The van der Waals surface area contributed by atoms with E-state index in [1.807, 2.05) is 30.9 Å². The van der Waals surface area contributed by atoms with Gasteiger partial charge in [0, 0.05) is 13.1 Å². The SMILES string of the molecule is CCC1(O)CN(CC(=O)Nc2ccc(C)cc2Cl)C1. The average Bonchev–Trinajstić information content (AvgIpc) is 2.30. The molecule has 1 saturated heterocycles. The first-order valence-corrected chi connectivity index (χ1v) is 6.80. The van der Waals surface area contributed by atoms with Crippen molar-refractivity contribution in [3.8, 4) is 0 Å². The lowest BCUT2D eigenvalue weighted by molar-refractivity contribution is -0.128. The Bertz CT molecular complexity index is 484. The third-order valence-corrected chi connectivity index (χ3v) is 3.77. The van der Waals surface area contributed by atoms with Crippen molar-refractivity contribution in [2.45, 2.75) is 25.9 Å². The number of nitrogens with zero attached hydrogens (tertiary/aromatic N) is 1. The summed E-state index contributed by atoms with van der Waals surface area (Å²) < 4.78 is 0. The number of aryl methyl sites for hydroxylation is 1. The normalized spacial score (nSPS) is 17.9. The molecule has 4 nitrogen and oxygen atoms in total. The van der Waals surface area contributed by atoms with Gasteiger partial charge in [0.2, 0.25) is 5.91 Å². The summed E-state index contributed by atoms with van der Waals surface area (Å²) in [6.45, 7) is 5.29. The summed E-state index contributed by atoms with van der Waals surface area (Å²) in [7, 11) is 0. The standard InChI is InChI=1S/C14H19ClN2O2/c1-3-14(19)8-17(9-14)7-13(18)16-12-5-4-10(2)6-11(12)15/h4-6,19H,3,7-9H2,1-2H3,(H,16,18). The monoisotopic (exact) mass is 282 g/mol. The van der Waals surface area contributed by atoms with Crippen LogP contribution in [0.15, 0.2) is 18.2 Å². The van der Waals surface area contributed by atoms with Crippen LogP contribution in [-0.4, -0.2) is 41.1 Å². The van der Waals surface area contributed by atoms with Crippen molar-refractivity contribution in [2.24, 2.45) is 0 Å². The highest BCUT2D eigenvalue weighted by molar-refractivity contribution is 6.33. The zero-order valence-corrected chi connectivity index (χ0v) is 12.0. The number of hydrogen-bond acceptors (Lipinski definition) is 3. The van der Waals surface area contributed by atoms with E-state index in [-0.39, 0.29) is 12.5 Å². The fraction of sp³-hybridized carbons (Fsp3) is 0.500. The lowest BCUT2D eigenvalue weighted by Gasteiger charge is -2.45. The Morgan fingerprint density at radius 2 is 2.21 bits per heavy atom. The Morgan fingerprint density at radius 3 is 2.79 bits per heavy atom. The number of hydrogen-bond donors (Lipinski definition) is 2. The highest BCUT2D eigenvalue weighted by Gasteiger charge is 2.39. The van der Waals surface area contributed by atoms with Crippen LogP contribution in [-0.2, 0) is 4.79 Å². The Morgan fingerprint density at radius 1 is 1.53 bits per heavy atom. The second kappa shape index (κ2) is 5.49. The lowest BCUT2D eigenvalue weighted by atomic mass is 9.91. The van der Waals surface area contributed by atoms with Crippen LogP contribution in [0.3, 0.4) is 0 Å². The first kappa shape index (κ1) is 14.3. The molecule has 1 amide bonds. The van der Waals surface area contributed by atoms with Crippen LogP contribution in [0.5, 0.6) is 0 Å². The first-order chi connectivity index (χ1) is 8.92. The molecule has 0 saturated carbocycles. The van der Waals surface area contributed by atoms with Crippen molar-refractivity contribution in [1.82, 2.24) is 4.90 Å². The zero-order chi connectivity index (χ0) is 14.0. The van der Waals surface area contributed by atoms with E-state index in [1.165, 1.54) is 0 Å². The van der Waals surface area contributed by atoms with Crippen molar-refractivity contribution in [3.05, 3.63) is 28.8 Å². The summed E-state index contributed by atoms with van der Waals surface area (Å²) in [6, 6.07) is 5.52. The quantitative estimate of drug-likeness (QED) is 0.889. The van der Waals surface area contributed by atoms with Gasteiger partial charge in [0.1, 0.15) is 0 Å². The molecule has 1 aromatic carbocycles. The van der Waals surface area contributed by atoms with Gasteiger partial charge in [-0.25, -0.2) is 0 Å². The Balaban J connectivity index is 1.85. The van der Waals surface area contributed by atoms with Crippen molar-refractivity contribution >= 4 is 23.2 Å². The molecule has 0 spiro atoms. The van der Waals surface area contributed by atoms with Crippen LogP contribution in [0.25, 0.3) is 0 Å². The minimum absolute atomic E-state index is 0.107. The second-order valence-electron chi connectivity index (χ2n) is 5.25. The number of likely N-dealkylation sites (tertiary alicyclic amines) is 1. The van der Waals surface area contributed by atoms with Crippen LogP contribution in [0, 0.1) is 6.92 Å². The van der Waals surface area contributed by atoms with E-state index in [9.17, 15) is 9.90 Å². The third kappa shape index (κ3) is 3.47. The van der Waals surface area contributed by atoms with Crippen LogP contribution >= 0.6 is 11.6 Å². The zero-order valence-electron chi connectivity index (χ0n) is 11.2. The van der Waals surface area contributed by atoms with E-state index in [0.29, 0.717) is 23.8 Å². The van der Waals surface area contributed by atoms with Gasteiger partial charge in [-0.15, -0.1) is 0 Å². The maximum Gasteiger partial charge on any atom is 0.238 e. The molecule has 1 heterocycles. The van der Waals surface area contributed by atoms with Crippen LogP contribution in [0.1, 0.15) is 18.9 Å². The maximum absolute atomic E-state index is 11.9. The topological polar surface area (TPSA) is 52.6 Å². The Hall–Kier alpha value is -1.10. The van der Waals surface area contributed by atoms with Gasteiger partial charge in [-0.05, 0) is 31.0 Å². The minimum Gasteiger partial charge on any atom is -0.387 e. The summed E-state index contributed by atoms with van der Waals surface area (Å²) >= 11 is 6.06. The van der Waals surface area contributed by atoms with Gasteiger partial charge in [0.25, 0.3) is 0 Å². The van der Waals surface area contributed by atoms with Gasteiger partial charge in [0.15, 0.2) is 0 Å². The molecule has 19 heavy (non-hydrogen) atoms. The van der Waals surface area contributed by atoms with Crippen LogP contribution in [0.4, 0.5) is 5.69 Å². The third-order valence-electron chi connectivity index (χ3n) is 3.46. The van der Waals surface area contributed by atoms with Gasteiger partial charge in [0.05, 0.1) is 22.9 Å². The summed E-state index contributed by atoms with van der Waals surface area (Å²) in [6.07, 6.45) is 0.717. The van der Waals surface area contributed by atoms with Crippen LogP contribution < -0.4 is 5.32 Å². The molecule has 0 aromatic heterocycles. The summed E-state index contributed by atoms with van der Waals surface area (Å²) in [5.41, 5.74) is 1.07. The maximum atomic E-state index is 11.9. The largest absolute Gasteiger partial charge is 0.387 e.